The van der Waals surface area contributed by atoms with Crippen LogP contribution in [0.4, 0.5) is 0 Å². The molecule has 18 nitrogen and oxygen atoms in total. The van der Waals surface area contributed by atoms with E-state index in [1.165, 1.54) is 37.4 Å². The average molecular weight is 945 g/mol. The van der Waals surface area contributed by atoms with E-state index in [2.05, 4.69) is 0 Å². The molecule has 1 aromatic rings. The number of piperazine rings is 2. The predicted molar refractivity (Wildman–Crippen MR) is 246 cm³/mol. The van der Waals surface area contributed by atoms with Crippen LogP contribution in [0.1, 0.15) is 55.3 Å². The van der Waals surface area contributed by atoms with Gasteiger partial charge in [-0.2, -0.15) is 0 Å². The van der Waals surface area contributed by atoms with Gasteiger partial charge in [0.2, 0.25) is 11.8 Å². The van der Waals surface area contributed by atoms with E-state index >= 15 is 0 Å². The Kier molecular flexibility index (Phi) is 31.8. The lowest BCUT2D eigenvalue weighted by atomic mass is 10.1. The molecule has 64 heavy (non-hydrogen) atoms. The summed E-state index contributed by atoms with van der Waals surface area (Å²) in [5.74, 6) is 1.77. The van der Waals surface area contributed by atoms with E-state index in [1.54, 1.807) is 37.8 Å². The van der Waals surface area contributed by atoms with Crippen molar-refractivity contribution in [3.8, 4) is 5.75 Å². The first-order valence-corrected chi connectivity index (χ1v) is 24.5. The highest BCUT2D eigenvalue weighted by molar-refractivity contribution is 8.00. The van der Waals surface area contributed by atoms with Crippen molar-refractivity contribution in [3.05, 3.63) is 29.3 Å². The van der Waals surface area contributed by atoms with Crippen LogP contribution >= 0.6 is 23.5 Å². The van der Waals surface area contributed by atoms with Crippen LogP contribution in [-0.2, 0) is 52.3 Å². The second-order valence-electron chi connectivity index (χ2n) is 14.2. The highest BCUT2D eigenvalue weighted by Gasteiger charge is 2.28. The van der Waals surface area contributed by atoms with Gasteiger partial charge < -0.3 is 57.5 Å². The van der Waals surface area contributed by atoms with E-state index in [1.807, 2.05) is 20.8 Å². The summed E-state index contributed by atoms with van der Waals surface area (Å²) in [7, 11) is 0. The summed E-state index contributed by atoms with van der Waals surface area (Å²) in [6.45, 7) is 17.3. The van der Waals surface area contributed by atoms with E-state index in [9.17, 15) is 28.8 Å². The number of carbonyl (C=O) groups excluding carboxylic acids is 6. The smallest absolute Gasteiger partial charge is 0.254 e. The van der Waals surface area contributed by atoms with Crippen molar-refractivity contribution >= 4 is 58.7 Å². The fraction of sp³-hybridized carbons (Fsp3) is 0.727. The molecule has 2 heterocycles. The lowest BCUT2D eigenvalue weighted by molar-refractivity contribution is -0.130. The number of carbonyl (C=O) groups is 6. The monoisotopic (exact) mass is 944 g/mol. The average Bonchev–Trinajstić information content (AvgIpc) is 3.30. The van der Waals surface area contributed by atoms with E-state index in [0.717, 1.165) is 0 Å². The minimum atomic E-state index is -0.250. The van der Waals surface area contributed by atoms with Gasteiger partial charge in [-0.1, -0.05) is 13.8 Å². The lowest BCUT2D eigenvalue weighted by Gasteiger charge is -2.35. The molecule has 364 valence electrons. The number of rotatable bonds is 33. The van der Waals surface area contributed by atoms with Crippen molar-refractivity contribution in [3.63, 3.8) is 0 Å². The molecule has 0 aromatic heterocycles. The number of ketones is 2. The number of amides is 4. The zero-order valence-corrected chi connectivity index (χ0v) is 40.3. The van der Waals surface area contributed by atoms with Crippen LogP contribution in [0.3, 0.4) is 0 Å². The van der Waals surface area contributed by atoms with E-state index in [-0.39, 0.29) is 55.0 Å². The minimum Gasteiger partial charge on any atom is -0.491 e. The lowest BCUT2D eigenvalue weighted by Crippen LogP contribution is -2.51. The second-order valence-corrected chi connectivity index (χ2v) is 16.4. The number of benzene rings is 1. The summed E-state index contributed by atoms with van der Waals surface area (Å²) in [6, 6.07) is 4.88. The Morgan fingerprint density at radius 2 is 0.812 bits per heavy atom. The number of ether oxygens (including phenoxy) is 8. The van der Waals surface area contributed by atoms with Gasteiger partial charge in [-0.15, -0.1) is 23.5 Å². The van der Waals surface area contributed by atoms with Crippen LogP contribution in [0.2, 0.25) is 0 Å². The molecule has 2 aliphatic rings. The Balaban J connectivity index is 0.00000694. The number of hydrogen-bond acceptors (Lipinski definition) is 16. The van der Waals surface area contributed by atoms with Crippen LogP contribution < -0.4 is 4.74 Å². The van der Waals surface area contributed by atoms with Crippen LogP contribution in [0.5, 0.6) is 5.75 Å². The fourth-order valence-corrected chi connectivity index (χ4v) is 7.50. The maximum absolute atomic E-state index is 13.8. The van der Waals surface area contributed by atoms with E-state index < -0.39 is 0 Å². The SMILES string of the molecule is CC.CCOCCOc1cc(C(=O)N2CCN(C(=O)CSCCOCCOCCOCC(C)=O)CC2)cc(C(=O)N2CCN(C(=O)CSCCOCCOCCOCC(C)=O)CC2)c1. The van der Waals surface area contributed by atoms with Crippen LogP contribution in [0.15, 0.2) is 18.2 Å². The normalized spacial score (nSPS) is 14.0. The highest BCUT2D eigenvalue weighted by atomic mass is 32.2. The van der Waals surface area contributed by atoms with Crippen molar-refractivity contribution in [2.24, 2.45) is 0 Å². The molecule has 0 bridgehead atoms. The van der Waals surface area contributed by atoms with Gasteiger partial charge in [-0.25, -0.2) is 0 Å². The van der Waals surface area contributed by atoms with E-state index in [0.29, 0.717) is 172 Å². The summed E-state index contributed by atoms with van der Waals surface area (Å²) >= 11 is 2.98. The van der Waals surface area contributed by atoms with Gasteiger partial charge in [0.25, 0.3) is 11.8 Å². The Bertz CT molecular complexity index is 1410. The number of Topliss-reactive ketones (excluding diaryl/α,β-unsaturated/α-hetero) is 2. The molecule has 0 radical (unpaired) electrons. The molecular weight excluding hydrogens is 873 g/mol. The van der Waals surface area contributed by atoms with Crippen molar-refractivity contribution < 1.29 is 66.7 Å². The maximum Gasteiger partial charge on any atom is 0.254 e. The molecule has 2 fully saturated rings. The summed E-state index contributed by atoms with van der Waals surface area (Å²) < 4.78 is 43.5. The summed E-state index contributed by atoms with van der Waals surface area (Å²) in [4.78, 5) is 82.1. The van der Waals surface area contributed by atoms with Crippen molar-refractivity contribution in [2.45, 2.75) is 34.6 Å². The molecule has 3 rings (SSSR count). The molecule has 0 spiro atoms. The van der Waals surface area contributed by atoms with Crippen LogP contribution in [-0.4, -0.2) is 229 Å². The molecule has 20 heteroatoms. The zero-order valence-electron chi connectivity index (χ0n) is 38.6. The summed E-state index contributed by atoms with van der Waals surface area (Å²) in [5.41, 5.74) is 0.643. The van der Waals surface area contributed by atoms with E-state index in [4.69, 9.17) is 37.9 Å². The van der Waals surface area contributed by atoms with Gasteiger partial charge in [-0.3, -0.25) is 28.8 Å². The van der Waals surface area contributed by atoms with Gasteiger partial charge in [0.05, 0.1) is 84.2 Å². The van der Waals surface area contributed by atoms with Crippen molar-refractivity contribution in [1.29, 1.82) is 0 Å². The van der Waals surface area contributed by atoms with Crippen molar-refractivity contribution in [2.75, 3.05) is 174 Å². The first-order chi connectivity index (χ1) is 31.1. The standard InChI is InChI=1S/C42H66N4O14S2.C2H6/c1-4-53-21-22-60-38-28-36(41(51)45-9-5-43(6-10-45)39(49)32-61-25-23-56-15-13-54-17-19-58-30-34(2)47)27-37(29-38)42(52)46-11-7-44(8-12-46)40(50)33-62-26-24-57-16-14-55-18-20-59-31-35(3)48;1-2/h27-29H,4-26,30-33H2,1-3H3;1-2H3. The maximum atomic E-state index is 13.8. The first kappa shape index (κ1) is 56.8. The van der Waals surface area contributed by atoms with Crippen LogP contribution in [0.25, 0.3) is 0 Å². The Morgan fingerprint density at radius 3 is 1.19 bits per heavy atom. The quantitative estimate of drug-likeness (QED) is 0.0934. The molecule has 0 saturated carbocycles. The third-order valence-corrected chi connectivity index (χ3v) is 11.0. The molecule has 0 unspecified atom stereocenters. The fourth-order valence-electron chi connectivity index (χ4n) is 6.02. The van der Waals surface area contributed by atoms with Gasteiger partial charge in [0, 0.05) is 81.6 Å². The number of hydrogen-bond donors (Lipinski definition) is 0. The molecular formula is C44H72N4O14S2. The van der Waals surface area contributed by atoms with Gasteiger partial charge in [0.1, 0.15) is 25.6 Å². The molecule has 2 aliphatic heterocycles. The Morgan fingerprint density at radius 1 is 0.469 bits per heavy atom. The molecule has 0 atom stereocenters. The molecule has 0 N–H and O–H groups in total. The second kappa shape index (κ2) is 35.9. The molecule has 4 amide bonds. The van der Waals surface area contributed by atoms with Gasteiger partial charge >= 0.3 is 0 Å². The summed E-state index contributed by atoms with van der Waals surface area (Å²) in [6.07, 6.45) is 0. The molecule has 2 saturated heterocycles. The number of thioether (sulfide) groups is 2. The van der Waals surface area contributed by atoms with Crippen LogP contribution in [0, 0.1) is 0 Å². The predicted octanol–water partition coefficient (Wildman–Crippen LogP) is 2.44. The summed E-state index contributed by atoms with van der Waals surface area (Å²) in [5, 5.41) is 0. The van der Waals surface area contributed by atoms with Gasteiger partial charge in [0.15, 0.2) is 11.6 Å². The largest absolute Gasteiger partial charge is 0.491 e. The zero-order chi connectivity index (χ0) is 46.8. The molecule has 0 aliphatic carbocycles. The third kappa shape index (κ3) is 24.8. The number of nitrogens with zero attached hydrogens (tertiary/aromatic N) is 4. The topological polar surface area (TPSA) is 189 Å². The van der Waals surface area contributed by atoms with Crippen molar-refractivity contribution in [1.82, 2.24) is 19.6 Å². The third-order valence-electron chi connectivity index (χ3n) is 9.23. The minimum absolute atomic E-state index is 0.00344. The molecule has 1 aromatic carbocycles. The first-order valence-electron chi connectivity index (χ1n) is 22.2. The Labute approximate surface area is 387 Å². The van der Waals surface area contributed by atoms with Gasteiger partial charge in [-0.05, 0) is 39.0 Å². The highest BCUT2D eigenvalue weighted by Crippen LogP contribution is 2.22. The Hall–Kier alpha value is -3.34.